The molecule has 0 fully saturated rings. The maximum absolute atomic E-state index is 11.7. The van der Waals surface area contributed by atoms with Crippen LogP contribution >= 0.6 is 0 Å². The summed E-state index contributed by atoms with van der Waals surface area (Å²) < 4.78 is 5.21. The Morgan fingerprint density at radius 3 is 2.56 bits per heavy atom. The number of benzene rings is 1. The number of hydrogen-bond donors (Lipinski definition) is 0. The summed E-state index contributed by atoms with van der Waals surface area (Å²) >= 11 is 0. The Balaban J connectivity index is 2.46. The molecule has 2 nitrogen and oxygen atoms in total. The van der Waals surface area contributed by atoms with E-state index in [4.69, 9.17) is 4.74 Å². The van der Waals surface area contributed by atoms with E-state index in [1.807, 2.05) is 43.3 Å². The van der Waals surface area contributed by atoms with Gasteiger partial charge in [0.2, 0.25) is 0 Å². The van der Waals surface area contributed by atoms with Crippen LogP contribution < -0.4 is 0 Å². The molecule has 0 saturated carbocycles. The van der Waals surface area contributed by atoms with Crippen molar-refractivity contribution in [1.29, 1.82) is 0 Å². The summed E-state index contributed by atoms with van der Waals surface area (Å²) in [5.41, 5.74) is 1.96. The van der Waals surface area contributed by atoms with Gasteiger partial charge in [0.25, 0.3) is 0 Å². The second-order valence-electron chi connectivity index (χ2n) is 3.56. The summed E-state index contributed by atoms with van der Waals surface area (Å²) in [4.78, 5) is 11.7. The van der Waals surface area contributed by atoms with Gasteiger partial charge < -0.3 is 4.74 Å². The van der Waals surface area contributed by atoms with Crippen LogP contribution in [-0.2, 0) is 11.2 Å². The molecule has 0 amide bonds. The van der Waals surface area contributed by atoms with Crippen LogP contribution in [0, 0.1) is 0 Å². The summed E-state index contributed by atoms with van der Waals surface area (Å²) in [6.45, 7) is 4.66. The number of hydrogen-bond acceptors (Lipinski definition) is 2. The predicted octanol–water partition coefficient (Wildman–Crippen LogP) is 3.02. The minimum Gasteiger partial charge on any atom is -0.369 e. The Morgan fingerprint density at radius 1 is 1.31 bits per heavy atom. The highest BCUT2D eigenvalue weighted by molar-refractivity contribution is 5.97. The van der Waals surface area contributed by atoms with E-state index in [0.717, 1.165) is 12.0 Å². The van der Waals surface area contributed by atoms with Crippen molar-refractivity contribution in [1.82, 2.24) is 0 Å². The summed E-state index contributed by atoms with van der Waals surface area (Å²) in [6.07, 6.45) is 4.78. The zero-order chi connectivity index (χ0) is 11.8. The average Bonchev–Trinajstić information content (AvgIpc) is 2.34. The average molecular weight is 218 g/mol. The maximum Gasteiger partial charge on any atom is 0.188 e. The van der Waals surface area contributed by atoms with Gasteiger partial charge in [-0.1, -0.05) is 43.3 Å². The van der Waals surface area contributed by atoms with Crippen LogP contribution in [0.2, 0.25) is 0 Å². The molecule has 0 atom stereocenters. The quantitative estimate of drug-likeness (QED) is 0.417. The number of allylic oxidation sites excluding steroid dienone is 1. The second-order valence-corrected chi connectivity index (χ2v) is 3.56. The van der Waals surface area contributed by atoms with E-state index in [9.17, 15) is 4.79 Å². The molecule has 1 aromatic carbocycles. The van der Waals surface area contributed by atoms with E-state index < -0.39 is 0 Å². The lowest BCUT2D eigenvalue weighted by atomic mass is 10.1. The van der Waals surface area contributed by atoms with Crippen LogP contribution in [0.3, 0.4) is 0 Å². The summed E-state index contributed by atoms with van der Waals surface area (Å²) in [5.74, 6) is 0.0344. The largest absolute Gasteiger partial charge is 0.369 e. The SMILES string of the molecule is CC=CCOCC(=O)c1ccc(CC)cc1. The monoisotopic (exact) mass is 218 g/mol. The first-order valence-electron chi connectivity index (χ1n) is 5.59. The molecule has 0 heterocycles. The normalized spacial score (nSPS) is 10.9. The molecule has 16 heavy (non-hydrogen) atoms. The molecule has 0 aliphatic carbocycles. The maximum atomic E-state index is 11.7. The van der Waals surface area contributed by atoms with Gasteiger partial charge in [-0.25, -0.2) is 0 Å². The number of ketones is 1. The molecule has 86 valence electrons. The lowest BCUT2D eigenvalue weighted by Gasteiger charge is -2.02. The van der Waals surface area contributed by atoms with Crippen molar-refractivity contribution in [3.8, 4) is 0 Å². The predicted molar refractivity (Wildman–Crippen MR) is 65.8 cm³/mol. The zero-order valence-electron chi connectivity index (χ0n) is 9.90. The summed E-state index contributed by atoms with van der Waals surface area (Å²) in [7, 11) is 0. The van der Waals surface area contributed by atoms with E-state index in [-0.39, 0.29) is 12.4 Å². The third kappa shape index (κ3) is 3.99. The number of carbonyl (C=O) groups excluding carboxylic acids is 1. The van der Waals surface area contributed by atoms with E-state index in [2.05, 4.69) is 6.92 Å². The fourth-order valence-corrected chi connectivity index (χ4v) is 1.33. The Hall–Kier alpha value is -1.41. The van der Waals surface area contributed by atoms with Gasteiger partial charge in [-0.3, -0.25) is 4.79 Å². The minimum atomic E-state index is 0.0344. The van der Waals surface area contributed by atoms with Crippen molar-refractivity contribution in [3.05, 3.63) is 47.5 Å². The summed E-state index contributed by atoms with van der Waals surface area (Å²) in [5, 5.41) is 0. The molecule has 0 bridgehead atoms. The zero-order valence-corrected chi connectivity index (χ0v) is 9.90. The Kier molecular flexibility index (Phi) is 5.51. The van der Waals surface area contributed by atoms with Crippen LogP contribution in [0.5, 0.6) is 0 Å². The van der Waals surface area contributed by atoms with Gasteiger partial charge in [0.15, 0.2) is 5.78 Å². The van der Waals surface area contributed by atoms with Crippen LogP contribution in [-0.4, -0.2) is 19.0 Å². The van der Waals surface area contributed by atoms with Crippen LogP contribution in [0.4, 0.5) is 0 Å². The molecule has 0 aromatic heterocycles. The summed E-state index contributed by atoms with van der Waals surface area (Å²) in [6, 6.07) is 7.69. The second kappa shape index (κ2) is 6.96. The minimum absolute atomic E-state index is 0.0344. The van der Waals surface area contributed by atoms with E-state index >= 15 is 0 Å². The van der Waals surface area contributed by atoms with E-state index in [0.29, 0.717) is 6.61 Å². The molecule has 0 spiro atoms. The number of Topliss-reactive ketones (excluding diaryl/α,β-unsaturated/α-hetero) is 1. The van der Waals surface area contributed by atoms with Crippen molar-refractivity contribution in [2.45, 2.75) is 20.3 Å². The van der Waals surface area contributed by atoms with Gasteiger partial charge in [-0.2, -0.15) is 0 Å². The molecule has 0 aliphatic heterocycles. The van der Waals surface area contributed by atoms with Gasteiger partial charge in [-0.15, -0.1) is 0 Å². The van der Waals surface area contributed by atoms with Gasteiger partial charge in [0, 0.05) is 5.56 Å². The first-order valence-corrected chi connectivity index (χ1v) is 5.59. The van der Waals surface area contributed by atoms with Crippen LogP contribution in [0.25, 0.3) is 0 Å². The lowest BCUT2D eigenvalue weighted by molar-refractivity contribution is 0.0806. The third-order valence-electron chi connectivity index (χ3n) is 2.37. The Labute approximate surface area is 96.9 Å². The molecule has 0 radical (unpaired) electrons. The van der Waals surface area contributed by atoms with Crippen molar-refractivity contribution in [2.24, 2.45) is 0 Å². The molecule has 0 saturated heterocycles. The van der Waals surface area contributed by atoms with Crippen molar-refractivity contribution in [3.63, 3.8) is 0 Å². The van der Waals surface area contributed by atoms with E-state index in [1.165, 1.54) is 5.56 Å². The number of ether oxygens (including phenoxy) is 1. The van der Waals surface area contributed by atoms with Crippen molar-refractivity contribution in [2.75, 3.05) is 13.2 Å². The topological polar surface area (TPSA) is 26.3 Å². The molecular formula is C14H18O2. The molecule has 0 unspecified atom stereocenters. The number of rotatable bonds is 6. The standard InChI is InChI=1S/C14H18O2/c1-3-5-10-16-11-14(15)13-8-6-12(4-2)7-9-13/h3,5-9H,4,10-11H2,1-2H3. The van der Waals surface area contributed by atoms with Gasteiger partial charge in [0.05, 0.1) is 6.61 Å². The number of carbonyl (C=O) groups is 1. The van der Waals surface area contributed by atoms with Crippen molar-refractivity contribution < 1.29 is 9.53 Å². The fourth-order valence-electron chi connectivity index (χ4n) is 1.33. The highest BCUT2D eigenvalue weighted by atomic mass is 16.5. The van der Waals surface area contributed by atoms with Gasteiger partial charge in [0.1, 0.15) is 6.61 Å². The molecule has 1 aromatic rings. The van der Waals surface area contributed by atoms with Gasteiger partial charge >= 0.3 is 0 Å². The highest BCUT2D eigenvalue weighted by Crippen LogP contribution is 2.06. The smallest absolute Gasteiger partial charge is 0.188 e. The van der Waals surface area contributed by atoms with Gasteiger partial charge in [-0.05, 0) is 18.9 Å². The van der Waals surface area contributed by atoms with E-state index in [1.54, 1.807) is 0 Å². The lowest BCUT2D eigenvalue weighted by Crippen LogP contribution is -2.09. The number of aryl methyl sites for hydroxylation is 1. The van der Waals surface area contributed by atoms with Crippen molar-refractivity contribution >= 4 is 5.78 Å². The Morgan fingerprint density at radius 2 is 2.00 bits per heavy atom. The molecule has 1 rings (SSSR count). The fraction of sp³-hybridized carbons (Fsp3) is 0.357. The highest BCUT2D eigenvalue weighted by Gasteiger charge is 2.04. The molecule has 0 aliphatic rings. The van der Waals surface area contributed by atoms with Crippen LogP contribution in [0.15, 0.2) is 36.4 Å². The molecule has 0 N–H and O–H groups in total. The third-order valence-corrected chi connectivity index (χ3v) is 2.37. The molecule has 2 heteroatoms. The molecular weight excluding hydrogens is 200 g/mol. The first kappa shape index (κ1) is 12.7. The first-order chi connectivity index (χ1) is 7.77. The van der Waals surface area contributed by atoms with Crippen LogP contribution in [0.1, 0.15) is 29.8 Å². The Bertz CT molecular complexity index is 350.